The highest BCUT2D eigenvalue weighted by Gasteiger charge is 2.42. The van der Waals surface area contributed by atoms with Crippen molar-refractivity contribution in [3.05, 3.63) is 102 Å². The van der Waals surface area contributed by atoms with E-state index in [0.717, 1.165) is 12.3 Å². The summed E-state index contributed by atoms with van der Waals surface area (Å²) in [4.78, 5) is 2.48. The fraction of sp³-hybridized carbons (Fsp3) is 0.364. The van der Waals surface area contributed by atoms with Gasteiger partial charge < -0.3 is 9.64 Å². The van der Waals surface area contributed by atoms with Crippen LogP contribution in [-0.2, 0) is 10.8 Å². The van der Waals surface area contributed by atoms with Crippen molar-refractivity contribution in [2.45, 2.75) is 58.3 Å². The molecule has 4 rings (SSSR count). The molecule has 0 bridgehead atoms. The zero-order chi connectivity index (χ0) is 25.9. The van der Waals surface area contributed by atoms with Crippen molar-refractivity contribution in [3.63, 3.8) is 0 Å². The van der Waals surface area contributed by atoms with E-state index < -0.39 is 0 Å². The molecule has 0 saturated carbocycles. The van der Waals surface area contributed by atoms with Crippen LogP contribution in [0.2, 0.25) is 0 Å². The third-order valence-electron chi connectivity index (χ3n) is 7.73. The van der Waals surface area contributed by atoms with Crippen molar-refractivity contribution < 1.29 is 9.31 Å². The van der Waals surface area contributed by atoms with Gasteiger partial charge in [0.15, 0.2) is 5.71 Å². The largest absolute Gasteiger partial charge is 0.497 e. The van der Waals surface area contributed by atoms with Gasteiger partial charge in [0.2, 0.25) is 5.69 Å². The number of unbranched alkanes of at least 4 members (excludes halogenated alkanes) is 1. The summed E-state index contributed by atoms with van der Waals surface area (Å²) in [6.45, 7) is 12.5. The summed E-state index contributed by atoms with van der Waals surface area (Å²) < 4.78 is 7.83. The van der Waals surface area contributed by atoms with Crippen LogP contribution >= 0.6 is 0 Å². The molecule has 0 unspecified atom stereocenters. The van der Waals surface area contributed by atoms with Crippen LogP contribution in [-0.4, -0.2) is 31.0 Å². The number of anilines is 1. The van der Waals surface area contributed by atoms with Gasteiger partial charge in [0.1, 0.15) is 12.8 Å². The first-order valence-electron chi connectivity index (χ1n) is 13.1. The maximum absolute atomic E-state index is 5.52. The van der Waals surface area contributed by atoms with Gasteiger partial charge in [0.25, 0.3) is 0 Å². The number of allylic oxidation sites excluding steroid dienone is 8. The third-order valence-corrected chi connectivity index (χ3v) is 7.73. The summed E-state index contributed by atoms with van der Waals surface area (Å²) >= 11 is 0. The fourth-order valence-electron chi connectivity index (χ4n) is 5.63. The predicted octanol–water partition coefficient (Wildman–Crippen LogP) is 7.85. The van der Waals surface area contributed by atoms with Crippen molar-refractivity contribution in [3.8, 4) is 5.75 Å². The minimum atomic E-state index is -0.0736. The van der Waals surface area contributed by atoms with Gasteiger partial charge in [0.05, 0.1) is 12.5 Å². The number of hydrogen-bond donors (Lipinski definition) is 0. The predicted molar refractivity (Wildman–Crippen MR) is 154 cm³/mol. The number of nitrogens with zero attached hydrogens (tertiary/aromatic N) is 2. The highest BCUT2D eigenvalue weighted by molar-refractivity contribution is 6.03. The van der Waals surface area contributed by atoms with Crippen LogP contribution in [0.1, 0.15) is 58.6 Å². The molecule has 0 amide bonds. The van der Waals surface area contributed by atoms with E-state index in [4.69, 9.17) is 4.74 Å². The number of ether oxygens (including phenoxy) is 1. The molecule has 2 aromatic rings. The molecular formula is C33H41N2O+. The molecule has 0 spiro atoms. The molecule has 3 nitrogen and oxygen atoms in total. The Morgan fingerprint density at radius 2 is 1.61 bits per heavy atom. The van der Waals surface area contributed by atoms with E-state index >= 15 is 0 Å². The second-order valence-corrected chi connectivity index (χ2v) is 10.8. The lowest BCUT2D eigenvalue weighted by atomic mass is 9.81. The Bertz CT molecular complexity index is 1270. The first-order valence-corrected chi connectivity index (χ1v) is 13.1. The van der Waals surface area contributed by atoms with E-state index in [9.17, 15) is 0 Å². The first-order chi connectivity index (χ1) is 17.2. The highest BCUT2D eigenvalue weighted by atomic mass is 16.5. The van der Waals surface area contributed by atoms with Crippen molar-refractivity contribution >= 4 is 17.1 Å². The molecule has 0 aromatic heterocycles. The maximum atomic E-state index is 5.52. The molecule has 0 radical (unpaired) electrons. The molecule has 0 N–H and O–H groups in total. The lowest BCUT2D eigenvalue weighted by molar-refractivity contribution is -0.401. The van der Waals surface area contributed by atoms with Crippen LogP contribution in [0.3, 0.4) is 0 Å². The first kappa shape index (κ1) is 25.8. The molecule has 3 heteroatoms. The summed E-state index contributed by atoms with van der Waals surface area (Å²) in [5, 5.41) is 0. The van der Waals surface area contributed by atoms with Gasteiger partial charge in [-0.05, 0) is 50.1 Å². The molecule has 188 valence electrons. The standard InChI is InChI=1S/C33H41N2O/c1-8-9-23-35-29-22-21-25(36-7)24-27(29)33(4,5)31(35)20-14-12-10-11-13-19-30-32(2,3)26-17-15-16-18-28(26)34(30)6/h10-22,24H,8-9,23H2,1-7H3/q+1. The molecule has 0 saturated heterocycles. The Morgan fingerprint density at radius 3 is 2.33 bits per heavy atom. The second kappa shape index (κ2) is 10.3. The molecule has 2 aromatic carbocycles. The van der Waals surface area contributed by atoms with Crippen LogP contribution in [0.15, 0.2) is 90.7 Å². The SMILES string of the molecule is CCCCN1C(=CC=CC=CC=CC2=[N+](C)c3ccccc3C2(C)C)C(C)(C)c2cc(OC)ccc21. The Labute approximate surface area is 217 Å². The number of fused-ring (bicyclic) bond motifs is 2. The van der Waals surface area contributed by atoms with E-state index in [2.05, 4.69) is 136 Å². The zero-order valence-corrected chi connectivity index (χ0v) is 23.0. The summed E-state index contributed by atoms with van der Waals surface area (Å²) in [5.41, 5.74) is 7.88. The summed E-state index contributed by atoms with van der Waals surface area (Å²) in [6, 6.07) is 15.2. The molecule has 2 aliphatic rings. The molecule has 0 fully saturated rings. The van der Waals surface area contributed by atoms with Crippen LogP contribution in [0.4, 0.5) is 11.4 Å². The van der Waals surface area contributed by atoms with E-state index in [1.54, 1.807) is 7.11 Å². The van der Waals surface area contributed by atoms with Gasteiger partial charge >= 0.3 is 0 Å². The molecular weight excluding hydrogens is 440 g/mol. The van der Waals surface area contributed by atoms with E-state index in [0.29, 0.717) is 0 Å². The molecule has 36 heavy (non-hydrogen) atoms. The number of methoxy groups -OCH3 is 1. The Kier molecular flexibility index (Phi) is 7.40. The minimum Gasteiger partial charge on any atom is -0.497 e. The second-order valence-electron chi connectivity index (χ2n) is 10.8. The van der Waals surface area contributed by atoms with Crippen LogP contribution < -0.4 is 9.64 Å². The maximum Gasteiger partial charge on any atom is 0.209 e. The van der Waals surface area contributed by atoms with Crippen LogP contribution in [0.25, 0.3) is 0 Å². The smallest absolute Gasteiger partial charge is 0.209 e. The fourth-order valence-corrected chi connectivity index (χ4v) is 5.63. The normalized spacial score (nSPS) is 19.3. The van der Waals surface area contributed by atoms with Gasteiger partial charge in [-0.3, -0.25) is 0 Å². The van der Waals surface area contributed by atoms with E-state index in [1.807, 2.05) is 0 Å². The van der Waals surface area contributed by atoms with Crippen LogP contribution in [0, 0.1) is 0 Å². The third kappa shape index (κ3) is 4.59. The van der Waals surface area contributed by atoms with E-state index in [1.165, 1.54) is 46.8 Å². The van der Waals surface area contributed by atoms with Gasteiger partial charge in [-0.1, -0.05) is 75.8 Å². The van der Waals surface area contributed by atoms with Crippen molar-refractivity contribution in [1.82, 2.24) is 0 Å². The highest BCUT2D eigenvalue weighted by Crippen LogP contribution is 2.49. The van der Waals surface area contributed by atoms with Crippen molar-refractivity contribution in [2.24, 2.45) is 0 Å². The van der Waals surface area contributed by atoms with Gasteiger partial charge in [-0.2, -0.15) is 4.58 Å². The number of rotatable bonds is 8. The van der Waals surface area contributed by atoms with Crippen molar-refractivity contribution in [2.75, 3.05) is 25.6 Å². The number of benzene rings is 2. The van der Waals surface area contributed by atoms with Gasteiger partial charge in [-0.25, -0.2) is 0 Å². The minimum absolute atomic E-state index is 0.00360. The summed E-state index contributed by atoms with van der Waals surface area (Å²) in [7, 11) is 3.90. The summed E-state index contributed by atoms with van der Waals surface area (Å²) in [5.74, 6) is 0.917. The average Bonchev–Trinajstić information content (AvgIpc) is 3.20. The van der Waals surface area contributed by atoms with Gasteiger partial charge in [0, 0.05) is 41.1 Å². The monoisotopic (exact) mass is 481 g/mol. The van der Waals surface area contributed by atoms with Crippen molar-refractivity contribution in [1.29, 1.82) is 0 Å². The molecule has 2 heterocycles. The Hall–Kier alpha value is -3.33. The Morgan fingerprint density at radius 1 is 0.889 bits per heavy atom. The number of hydrogen-bond acceptors (Lipinski definition) is 2. The topological polar surface area (TPSA) is 15.5 Å². The number of para-hydroxylation sites is 1. The van der Waals surface area contributed by atoms with Gasteiger partial charge in [-0.15, -0.1) is 0 Å². The lowest BCUT2D eigenvalue weighted by Crippen LogP contribution is -2.26. The Balaban J connectivity index is 1.51. The van der Waals surface area contributed by atoms with E-state index in [-0.39, 0.29) is 10.8 Å². The molecule has 0 aliphatic carbocycles. The van der Waals surface area contributed by atoms with Crippen LogP contribution in [0.5, 0.6) is 5.75 Å². The lowest BCUT2D eigenvalue weighted by Gasteiger charge is -2.26. The summed E-state index contributed by atoms with van der Waals surface area (Å²) in [6.07, 6.45) is 17.5. The average molecular weight is 482 g/mol. The molecule has 0 atom stereocenters. The zero-order valence-electron chi connectivity index (χ0n) is 23.0. The molecule has 2 aliphatic heterocycles. The quantitative estimate of drug-likeness (QED) is 0.282.